The predicted molar refractivity (Wildman–Crippen MR) is 54.9 cm³/mol. The van der Waals surface area contributed by atoms with Crippen LogP contribution in [0.15, 0.2) is 0 Å². The van der Waals surface area contributed by atoms with Gasteiger partial charge in [0.1, 0.15) is 18.3 Å². The van der Waals surface area contributed by atoms with Gasteiger partial charge >= 0.3 is 5.97 Å². The van der Waals surface area contributed by atoms with Crippen LogP contribution in [0.2, 0.25) is 0 Å². The Morgan fingerprint density at radius 1 is 1.21 bits per heavy atom. The van der Waals surface area contributed by atoms with Crippen molar-refractivity contribution in [2.45, 2.75) is 53.1 Å². The fraction of sp³-hybridized carbons (Fsp3) is 0.818. The Balaban J connectivity index is 4.04. The van der Waals surface area contributed by atoms with Crippen LogP contribution < -0.4 is 0 Å². The van der Waals surface area contributed by atoms with Gasteiger partial charge in [0, 0.05) is 0 Å². The summed E-state index contributed by atoms with van der Waals surface area (Å²) in [5, 5.41) is 0. The molecule has 3 nitrogen and oxygen atoms in total. The van der Waals surface area contributed by atoms with Gasteiger partial charge in [0.2, 0.25) is 0 Å². The molecular formula is C11H20O3. The van der Waals surface area contributed by atoms with Crippen LogP contribution in [0.4, 0.5) is 0 Å². The summed E-state index contributed by atoms with van der Waals surface area (Å²) < 4.78 is 5.20. The Kier molecular flexibility index (Phi) is 6.17. The molecule has 0 spiro atoms. The van der Waals surface area contributed by atoms with Gasteiger partial charge in [-0.25, -0.2) is 0 Å². The SMILES string of the molecule is CCC(C)C(CC)OC(=O)CC(C)=O. The second kappa shape index (κ2) is 6.57. The fourth-order valence-electron chi connectivity index (χ4n) is 1.28. The molecule has 0 N–H and O–H groups in total. The monoisotopic (exact) mass is 200 g/mol. The zero-order chi connectivity index (χ0) is 11.1. The first-order chi connectivity index (χ1) is 6.51. The van der Waals surface area contributed by atoms with Crippen LogP contribution in [0.5, 0.6) is 0 Å². The smallest absolute Gasteiger partial charge is 0.313 e. The molecule has 0 radical (unpaired) electrons. The third-order valence-corrected chi connectivity index (χ3v) is 2.36. The molecule has 2 atom stereocenters. The first kappa shape index (κ1) is 13.1. The van der Waals surface area contributed by atoms with Crippen molar-refractivity contribution in [3.8, 4) is 0 Å². The van der Waals surface area contributed by atoms with Crippen LogP contribution in [0.3, 0.4) is 0 Å². The molecule has 0 saturated heterocycles. The van der Waals surface area contributed by atoms with Crippen LogP contribution in [0, 0.1) is 5.92 Å². The quantitative estimate of drug-likeness (QED) is 0.488. The number of hydrogen-bond donors (Lipinski definition) is 0. The van der Waals surface area contributed by atoms with E-state index in [1.165, 1.54) is 6.92 Å². The summed E-state index contributed by atoms with van der Waals surface area (Å²) in [6.45, 7) is 7.49. The van der Waals surface area contributed by atoms with Crippen molar-refractivity contribution in [1.82, 2.24) is 0 Å². The van der Waals surface area contributed by atoms with Gasteiger partial charge in [0.05, 0.1) is 0 Å². The van der Waals surface area contributed by atoms with Crippen LogP contribution in [0.25, 0.3) is 0 Å². The molecule has 0 amide bonds. The van der Waals surface area contributed by atoms with Gasteiger partial charge in [-0.1, -0.05) is 27.2 Å². The number of rotatable bonds is 6. The summed E-state index contributed by atoms with van der Waals surface area (Å²) in [5.74, 6) is -0.186. The number of carbonyl (C=O) groups is 2. The second-order valence-electron chi connectivity index (χ2n) is 3.70. The molecule has 3 heteroatoms. The normalized spacial score (nSPS) is 14.6. The molecule has 0 aromatic heterocycles. The Morgan fingerprint density at radius 3 is 2.14 bits per heavy atom. The van der Waals surface area contributed by atoms with Crippen molar-refractivity contribution in [2.75, 3.05) is 0 Å². The minimum Gasteiger partial charge on any atom is -0.462 e. The van der Waals surface area contributed by atoms with Gasteiger partial charge in [-0.2, -0.15) is 0 Å². The minimum absolute atomic E-state index is 0.0492. The number of Topliss-reactive ketones (excluding diaryl/α,β-unsaturated/α-hetero) is 1. The van der Waals surface area contributed by atoms with E-state index in [1.807, 2.05) is 6.92 Å². The maximum Gasteiger partial charge on any atom is 0.313 e. The maximum atomic E-state index is 11.2. The van der Waals surface area contributed by atoms with Crippen molar-refractivity contribution < 1.29 is 14.3 Å². The van der Waals surface area contributed by atoms with Crippen LogP contribution in [-0.4, -0.2) is 17.9 Å². The highest BCUT2D eigenvalue weighted by molar-refractivity contribution is 5.94. The molecule has 0 fully saturated rings. The van der Waals surface area contributed by atoms with Gasteiger partial charge in [0.15, 0.2) is 0 Å². The van der Waals surface area contributed by atoms with Crippen LogP contribution in [-0.2, 0) is 14.3 Å². The molecule has 2 unspecified atom stereocenters. The first-order valence-corrected chi connectivity index (χ1v) is 5.20. The molecule has 0 aliphatic rings. The zero-order valence-corrected chi connectivity index (χ0v) is 9.50. The number of esters is 1. The number of ether oxygens (including phenoxy) is 1. The first-order valence-electron chi connectivity index (χ1n) is 5.20. The minimum atomic E-state index is -0.398. The molecule has 0 aliphatic heterocycles. The summed E-state index contributed by atoms with van der Waals surface area (Å²) in [6.07, 6.45) is 1.63. The molecule has 14 heavy (non-hydrogen) atoms. The van der Waals surface area contributed by atoms with Crippen LogP contribution >= 0.6 is 0 Å². The largest absolute Gasteiger partial charge is 0.462 e. The lowest BCUT2D eigenvalue weighted by Crippen LogP contribution is -2.25. The number of ketones is 1. The Bertz CT molecular complexity index is 199. The van der Waals surface area contributed by atoms with Crippen molar-refractivity contribution in [3.63, 3.8) is 0 Å². The molecule has 0 saturated carbocycles. The summed E-state index contributed by atoms with van der Waals surface area (Å²) in [4.78, 5) is 21.9. The molecule has 0 aromatic carbocycles. The van der Waals surface area contributed by atoms with Gasteiger partial charge in [-0.3, -0.25) is 9.59 Å². The van der Waals surface area contributed by atoms with Crippen LogP contribution in [0.1, 0.15) is 47.0 Å². The second-order valence-corrected chi connectivity index (χ2v) is 3.70. The van der Waals surface area contributed by atoms with E-state index in [0.717, 1.165) is 12.8 Å². The average molecular weight is 200 g/mol. The number of carbonyl (C=O) groups excluding carboxylic acids is 2. The lowest BCUT2D eigenvalue weighted by atomic mass is 10.00. The van der Waals surface area contributed by atoms with Crippen molar-refractivity contribution >= 4 is 11.8 Å². The molecule has 0 aliphatic carbocycles. The number of hydrogen-bond acceptors (Lipinski definition) is 3. The fourth-order valence-corrected chi connectivity index (χ4v) is 1.28. The third-order valence-electron chi connectivity index (χ3n) is 2.36. The van der Waals surface area contributed by atoms with Gasteiger partial charge in [0.25, 0.3) is 0 Å². The van der Waals surface area contributed by atoms with Crippen molar-refractivity contribution in [2.24, 2.45) is 5.92 Å². The summed E-state index contributed by atoms with van der Waals surface area (Å²) >= 11 is 0. The van der Waals surface area contributed by atoms with E-state index >= 15 is 0 Å². The molecule has 0 rings (SSSR count). The summed E-state index contributed by atoms with van der Waals surface area (Å²) in [6, 6.07) is 0. The van der Waals surface area contributed by atoms with Crippen molar-refractivity contribution in [1.29, 1.82) is 0 Å². The molecule has 0 aromatic rings. The van der Waals surface area contributed by atoms with E-state index in [4.69, 9.17) is 4.74 Å². The van der Waals surface area contributed by atoms with Gasteiger partial charge in [-0.15, -0.1) is 0 Å². The summed E-state index contributed by atoms with van der Waals surface area (Å²) in [5.41, 5.74) is 0. The topological polar surface area (TPSA) is 43.4 Å². The molecule has 82 valence electrons. The van der Waals surface area contributed by atoms with Crippen molar-refractivity contribution in [3.05, 3.63) is 0 Å². The van der Waals surface area contributed by atoms with E-state index in [0.29, 0.717) is 5.92 Å². The van der Waals surface area contributed by atoms with Gasteiger partial charge in [-0.05, 0) is 19.3 Å². The third kappa shape index (κ3) is 5.00. The predicted octanol–water partition coefficient (Wildman–Crippen LogP) is 2.33. The highest BCUT2D eigenvalue weighted by Gasteiger charge is 2.18. The van der Waals surface area contributed by atoms with E-state index < -0.39 is 5.97 Å². The van der Waals surface area contributed by atoms with E-state index in [2.05, 4.69) is 13.8 Å². The van der Waals surface area contributed by atoms with E-state index in [-0.39, 0.29) is 18.3 Å². The standard InChI is InChI=1S/C11H20O3/c1-5-8(3)10(6-2)14-11(13)7-9(4)12/h8,10H,5-7H2,1-4H3. The summed E-state index contributed by atoms with van der Waals surface area (Å²) in [7, 11) is 0. The lowest BCUT2D eigenvalue weighted by Gasteiger charge is -2.21. The Hall–Kier alpha value is -0.860. The molecule has 0 bridgehead atoms. The Morgan fingerprint density at radius 2 is 1.79 bits per heavy atom. The maximum absolute atomic E-state index is 11.2. The zero-order valence-electron chi connectivity index (χ0n) is 9.50. The molecular weight excluding hydrogens is 180 g/mol. The highest BCUT2D eigenvalue weighted by Crippen LogP contribution is 2.15. The van der Waals surface area contributed by atoms with E-state index in [1.54, 1.807) is 0 Å². The van der Waals surface area contributed by atoms with Gasteiger partial charge < -0.3 is 4.74 Å². The van der Waals surface area contributed by atoms with E-state index in [9.17, 15) is 9.59 Å². The lowest BCUT2D eigenvalue weighted by molar-refractivity contribution is -0.153. The Labute approximate surface area is 85.8 Å². The highest BCUT2D eigenvalue weighted by atomic mass is 16.5. The average Bonchev–Trinajstić information content (AvgIpc) is 2.11. The molecule has 0 heterocycles.